The fourth-order valence-electron chi connectivity index (χ4n) is 6.64. The summed E-state index contributed by atoms with van der Waals surface area (Å²) in [6.07, 6.45) is 0.742. The summed E-state index contributed by atoms with van der Waals surface area (Å²) in [5, 5.41) is 23.7. The van der Waals surface area contributed by atoms with Crippen LogP contribution in [0.5, 0.6) is 0 Å². The summed E-state index contributed by atoms with van der Waals surface area (Å²) in [7, 11) is 0. The summed E-state index contributed by atoms with van der Waals surface area (Å²) in [6, 6.07) is 0.0329. The first-order valence-corrected chi connectivity index (χ1v) is 11.4. The largest absolute Gasteiger partial charge is 0.465 e. The molecule has 0 radical (unpaired) electrons. The maximum Gasteiger partial charge on any atom is 0.407 e. The summed E-state index contributed by atoms with van der Waals surface area (Å²) in [5.74, 6) is 0.124. The van der Waals surface area contributed by atoms with Gasteiger partial charge in [0.05, 0.1) is 5.41 Å². The minimum absolute atomic E-state index is 0.0285. The molecule has 2 fully saturated rings. The van der Waals surface area contributed by atoms with Crippen LogP contribution in [0.25, 0.3) is 0 Å². The van der Waals surface area contributed by atoms with Gasteiger partial charge in [-0.25, -0.2) is 4.79 Å². The van der Waals surface area contributed by atoms with Crippen LogP contribution in [0.4, 0.5) is 4.79 Å². The minimum atomic E-state index is -0.942. The average Bonchev–Trinajstić information content (AvgIpc) is 2.90. The molecule has 1 spiro atoms. The number of hydrogen-bond acceptors (Lipinski definition) is 3. The van der Waals surface area contributed by atoms with E-state index in [0.29, 0.717) is 25.4 Å². The fourth-order valence-corrected chi connectivity index (χ4v) is 6.64. The van der Waals surface area contributed by atoms with Gasteiger partial charge in [-0.2, -0.15) is 0 Å². The Morgan fingerprint density at radius 3 is 2.20 bits per heavy atom. The molecular formula is C24H44N2O4. The van der Waals surface area contributed by atoms with Crippen LogP contribution in [0.2, 0.25) is 0 Å². The van der Waals surface area contributed by atoms with Crippen molar-refractivity contribution < 1.29 is 19.8 Å². The van der Waals surface area contributed by atoms with Crippen molar-refractivity contribution in [2.45, 2.75) is 81.2 Å². The molecule has 30 heavy (non-hydrogen) atoms. The number of aliphatic hydroxyl groups is 1. The number of nitrogens with zero attached hydrogens (tertiary/aromatic N) is 1. The van der Waals surface area contributed by atoms with E-state index in [4.69, 9.17) is 0 Å². The standard InChI is InChI=1S/C24H44N2O4/c1-15(2)10-21(4,5)18-11-24(19(28)25-18)16(3)22(6,7)13-26(20(29)30)14-23(8,9)17(24)12-27/h15-18,27H,10-14H2,1-9H3,(H,25,28)(H,29,30). The van der Waals surface area contributed by atoms with Crippen LogP contribution in [0.1, 0.15) is 75.2 Å². The maximum atomic E-state index is 13.8. The molecule has 174 valence electrons. The van der Waals surface area contributed by atoms with Crippen LogP contribution < -0.4 is 5.32 Å². The zero-order valence-electron chi connectivity index (χ0n) is 20.5. The molecule has 4 atom stereocenters. The van der Waals surface area contributed by atoms with E-state index in [1.54, 1.807) is 0 Å². The molecular weight excluding hydrogens is 380 g/mol. The Hall–Kier alpha value is -1.30. The predicted molar refractivity (Wildman–Crippen MR) is 119 cm³/mol. The van der Waals surface area contributed by atoms with Crippen LogP contribution in [0, 0.1) is 39.4 Å². The zero-order valence-corrected chi connectivity index (χ0v) is 20.5. The molecule has 2 rings (SSSR count). The topological polar surface area (TPSA) is 89.9 Å². The third kappa shape index (κ3) is 4.21. The average molecular weight is 425 g/mol. The van der Waals surface area contributed by atoms with Crippen molar-refractivity contribution in [2.75, 3.05) is 19.7 Å². The molecule has 0 aromatic rings. The van der Waals surface area contributed by atoms with Crippen molar-refractivity contribution in [2.24, 2.45) is 39.4 Å². The van der Waals surface area contributed by atoms with E-state index in [2.05, 4.69) is 53.8 Å². The minimum Gasteiger partial charge on any atom is -0.465 e. The number of likely N-dealkylation sites (tertiary alicyclic amines) is 1. The van der Waals surface area contributed by atoms with Crippen molar-refractivity contribution in [3.05, 3.63) is 0 Å². The SMILES string of the molecule is CC(C)CC(C)(C)C1CC2(C(=O)N1)C(C)C(C)(C)CN(C(=O)O)CC(C)(C)C2CO. The van der Waals surface area contributed by atoms with Crippen molar-refractivity contribution in [3.8, 4) is 0 Å². The number of carboxylic acid groups (broad SMARTS) is 1. The van der Waals surface area contributed by atoms with Gasteiger partial charge in [0.2, 0.25) is 5.91 Å². The molecule has 2 amide bonds. The number of carbonyl (C=O) groups is 2. The number of rotatable bonds is 4. The first kappa shape index (κ1) is 25.0. The van der Waals surface area contributed by atoms with E-state index >= 15 is 0 Å². The Labute approximate surface area is 182 Å². The number of amides is 2. The Morgan fingerprint density at radius 2 is 1.73 bits per heavy atom. The molecule has 3 N–H and O–H groups in total. The van der Waals surface area contributed by atoms with Crippen LogP contribution in [-0.4, -0.2) is 52.9 Å². The normalized spacial score (nSPS) is 34.0. The second kappa shape index (κ2) is 7.99. The van der Waals surface area contributed by atoms with E-state index in [1.165, 1.54) is 4.90 Å². The van der Waals surface area contributed by atoms with Crippen molar-refractivity contribution >= 4 is 12.0 Å². The highest BCUT2D eigenvalue weighted by Crippen LogP contribution is 2.59. The molecule has 2 heterocycles. The Bertz CT molecular complexity index is 670. The van der Waals surface area contributed by atoms with Crippen LogP contribution >= 0.6 is 0 Å². The maximum absolute atomic E-state index is 13.8. The molecule has 6 heteroatoms. The Balaban J connectivity index is 2.59. The van der Waals surface area contributed by atoms with E-state index in [-0.39, 0.29) is 35.8 Å². The molecule has 0 aliphatic carbocycles. The predicted octanol–water partition coefficient (Wildman–Crippen LogP) is 4.22. The highest BCUT2D eigenvalue weighted by Gasteiger charge is 2.64. The lowest BCUT2D eigenvalue weighted by Gasteiger charge is -2.55. The molecule has 2 aliphatic rings. The molecule has 0 aromatic heterocycles. The lowest BCUT2D eigenvalue weighted by molar-refractivity contribution is -0.152. The highest BCUT2D eigenvalue weighted by atomic mass is 16.4. The van der Waals surface area contributed by atoms with E-state index in [9.17, 15) is 19.8 Å². The lowest BCUT2D eigenvalue weighted by Crippen LogP contribution is -2.61. The van der Waals surface area contributed by atoms with Gasteiger partial charge >= 0.3 is 6.09 Å². The molecule has 0 aromatic carbocycles. The monoisotopic (exact) mass is 424 g/mol. The van der Waals surface area contributed by atoms with Crippen molar-refractivity contribution in [1.29, 1.82) is 0 Å². The molecule has 2 aliphatic heterocycles. The Kier molecular flexibility index (Phi) is 6.65. The van der Waals surface area contributed by atoms with Gasteiger partial charge in [-0.15, -0.1) is 0 Å². The summed E-state index contributed by atoms with van der Waals surface area (Å²) < 4.78 is 0. The van der Waals surface area contributed by atoms with Gasteiger partial charge in [0.15, 0.2) is 0 Å². The molecule has 6 nitrogen and oxygen atoms in total. The summed E-state index contributed by atoms with van der Waals surface area (Å²) in [6.45, 7) is 19.6. The molecule has 4 unspecified atom stereocenters. The lowest BCUT2D eigenvalue weighted by atomic mass is 9.50. The number of hydrogen-bond donors (Lipinski definition) is 3. The zero-order chi connectivity index (χ0) is 23.3. The summed E-state index contributed by atoms with van der Waals surface area (Å²) >= 11 is 0. The molecule has 2 saturated heterocycles. The van der Waals surface area contributed by atoms with Crippen molar-refractivity contribution in [3.63, 3.8) is 0 Å². The Morgan fingerprint density at radius 1 is 1.20 bits per heavy atom. The van der Waals surface area contributed by atoms with Gasteiger partial charge in [-0.3, -0.25) is 4.79 Å². The van der Waals surface area contributed by atoms with Gasteiger partial charge in [-0.1, -0.05) is 62.3 Å². The third-order valence-electron chi connectivity index (χ3n) is 8.31. The molecule has 0 saturated carbocycles. The number of carbonyl (C=O) groups excluding carboxylic acids is 1. The van der Waals surface area contributed by atoms with Crippen LogP contribution in [0.15, 0.2) is 0 Å². The number of aliphatic hydroxyl groups excluding tert-OH is 1. The smallest absolute Gasteiger partial charge is 0.407 e. The van der Waals surface area contributed by atoms with Crippen molar-refractivity contribution in [1.82, 2.24) is 10.2 Å². The van der Waals surface area contributed by atoms with Gasteiger partial charge in [0.25, 0.3) is 0 Å². The first-order chi connectivity index (χ1) is 13.5. The van der Waals surface area contributed by atoms with Gasteiger partial charge < -0.3 is 20.4 Å². The van der Waals surface area contributed by atoms with Gasteiger partial charge in [-0.05, 0) is 40.9 Å². The molecule has 0 bridgehead atoms. The summed E-state index contributed by atoms with van der Waals surface area (Å²) in [4.78, 5) is 27.2. The third-order valence-corrected chi connectivity index (χ3v) is 8.31. The summed E-state index contributed by atoms with van der Waals surface area (Å²) in [5.41, 5.74) is -1.73. The van der Waals surface area contributed by atoms with E-state index < -0.39 is 22.3 Å². The van der Waals surface area contributed by atoms with Crippen LogP contribution in [-0.2, 0) is 4.79 Å². The number of nitrogens with one attached hydrogen (secondary N) is 1. The fraction of sp³-hybridized carbons (Fsp3) is 0.917. The van der Waals surface area contributed by atoms with Gasteiger partial charge in [0, 0.05) is 31.7 Å². The van der Waals surface area contributed by atoms with Gasteiger partial charge in [0.1, 0.15) is 0 Å². The van der Waals surface area contributed by atoms with E-state index in [0.717, 1.165) is 6.42 Å². The van der Waals surface area contributed by atoms with E-state index in [1.807, 2.05) is 13.8 Å². The van der Waals surface area contributed by atoms with Crippen LogP contribution in [0.3, 0.4) is 0 Å². The first-order valence-electron chi connectivity index (χ1n) is 11.4. The second-order valence-corrected chi connectivity index (χ2v) is 12.4. The second-order valence-electron chi connectivity index (χ2n) is 12.4. The highest BCUT2D eigenvalue weighted by molar-refractivity contribution is 5.86. The quantitative estimate of drug-likeness (QED) is 0.630.